The molecule has 0 radical (unpaired) electrons. The largest absolute Gasteiger partial charge is 0.329 e. The van der Waals surface area contributed by atoms with E-state index in [0.717, 1.165) is 12.8 Å². The second-order valence-corrected chi connectivity index (χ2v) is 3.24. The average Bonchev–Trinajstić information content (AvgIpc) is 2.61. The van der Waals surface area contributed by atoms with Crippen LogP contribution in [-0.2, 0) is 9.63 Å². The van der Waals surface area contributed by atoms with E-state index in [-0.39, 0.29) is 11.5 Å². The molecular formula is C7H12N2O2. The summed E-state index contributed by atoms with van der Waals surface area (Å²) in [5.74, 6) is 0.0907. The first kappa shape index (κ1) is 7.06. The van der Waals surface area contributed by atoms with Crippen molar-refractivity contribution in [1.82, 2.24) is 5.06 Å². The fraction of sp³-hybridized carbons (Fsp3) is 0.857. The molecule has 1 saturated carbocycles. The lowest BCUT2D eigenvalue weighted by Gasteiger charge is -2.13. The molecule has 1 aliphatic heterocycles. The third-order valence-electron chi connectivity index (χ3n) is 2.20. The molecule has 11 heavy (non-hydrogen) atoms. The van der Waals surface area contributed by atoms with Gasteiger partial charge in [0.15, 0.2) is 0 Å². The lowest BCUT2D eigenvalue weighted by atomic mass is 10.2. The zero-order valence-corrected chi connectivity index (χ0v) is 6.38. The molecule has 62 valence electrons. The van der Waals surface area contributed by atoms with E-state index in [0.29, 0.717) is 19.5 Å². The van der Waals surface area contributed by atoms with Crippen LogP contribution in [0.1, 0.15) is 19.3 Å². The average molecular weight is 156 g/mol. The van der Waals surface area contributed by atoms with Crippen molar-refractivity contribution < 1.29 is 9.63 Å². The molecule has 0 aromatic rings. The van der Waals surface area contributed by atoms with Crippen LogP contribution in [0.3, 0.4) is 0 Å². The molecule has 0 atom stereocenters. The van der Waals surface area contributed by atoms with E-state index < -0.39 is 0 Å². The Morgan fingerprint density at radius 2 is 2.36 bits per heavy atom. The van der Waals surface area contributed by atoms with Gasteiger partial charge >= 0.3 is 0 Å². The van der Waals surface area contributed by atoms with Crippen LogP contribution in [0.15, 0.2) is 0 Å². The highest BCUT2D eigenvalue weighted by molar-refractivity contribution is 5.78. The van der Waals surface area contributed by atoms with Gasteiger partial charge in [-0.1, -0.05) is 0 Å². The Hall–Kier alpha value is -0.610. The topological polar surface area (TPSA) is 55.6 Å². The molecule has 4 heteroatoms. The van der Waals surface area contributed by atoms with Gasteiger partial charge in [0.2, 0.25) is 5.91 Å². The first-order valence-electron chi connectivity index (χ1n) is 3.95. The van der Waals surface area contributed by atoms with E-state index in [1.54, 1.807) is 0 Å². The van der Waals surface area contributed by atoms with Gasteiger partial charge in [0.25, 0.3) is 0 Å². The molecular weight excluding hydrogens is 144 g/mol. The van der Waals surface area contributed by atoms with Crippen molar-refractivity contribution in [2.45, 2.75) is 24.9 Å². The fourth-order valence-corrected chi connectivity index (χ4v) is 1.38. The predicted molar refractivity (Wildman–Crippen MR) is 38.4 cm³/mol. The van der Waals surface area contributed by atoms with Crippen LogP contribution in [0.2, 0.25) is 0 Å². The van der Waals surface area contributed by atoms with E-state index in [2.05, 4.69) is 0 Å². The van der Waals surface area contributed by atoms with Crippen LogP contribution in [-0.4, -0.2) is 29.7 Å². The van der Waals surface area contributed by atoms with Crippen LogP contribution in [0.5, 0.6) is 0 Å². The number of hydrogen-bond acceptors (Lipinski definition) is 3. The second-order valence-electron chi connectivity index (χ2n) is 3.24. The SMILES string of the molecule is NCCN1OC2(CC2)CC1=O. The van der Waals surface area contributed by atoms with E-state index in [9.17, 15) is 4.79 Å². The maximum Gasteiger partial charge on any atom is 0.249 e. The molecule has 2 aliphatic rings. The van der Waals surface area contributed by atoms with E-state index in [1.165, 1.54) is 5.06 Å². The standard InChI is InChI=1S/C7H12N2O2/c8-3-4-9-6(10)5-7(11-9)1-2-7/h1-5,8H2. The minimum atomic E-state index is -0.0910. The Morgan fingerprint density at radius 3 is 2.82 bits per heavy atom. The first-order chi connectivity index (χ1) is 5.26. The molecule has 1 saturated heterocycles. The Bertz CT molecular complexity index is 189. The van der Waals surface area contributed by atoms with Gasteiger partial charge in [-0.15, -0.1) is 0 Å². The van der Waals surface area contributed by atoms with Gasteiger partial charge in [-0.3, -0.25) is 9.63 Å². The smallest absolute Gasteiger partial charge is 0.249 e. The molecule has 0 bridgehead atoms. The normalized spacial score (nSPS) is 26.6. The highest BCUT2D eigenvalue weighted by Crippen LogP contribution is 2.47. The second kappa shape index (κ2) is 2.19. The molecule has 2 fully saturated rings. The quantitative estimate of drug-likeness (QED) is 0.594. The number of rotatable bonds is 2. The van der Waals surface area contributed by atoms with Crippen molar-refractivity contribution in [2.75, 3.05) is 13.1 Å². The zero-order valence-electron chi connectivity index (χ0n) is 6.38. The van der Waals surface area contributed by atoms with E-state index >= 15 is 0 Å². The molecule has 1 amide bonds. The number of carbonyl (C=O) groups excluding carboxylic acids is 1. The van der Waals surface area contributed by atoms with Crippen molar-refractivity contribution in [2.24, 2.45) is 5.73 Å². The van der Waals surface area contributed by atoms with Crippen molar-refractivity contribution >= 4 is 5.91 Å². The summed E-state index contributed by atoms with van der Waals surface area (Å²) in [6.07, 6.45) is 2.62. The van der Waals surface area contributed by atoms with Gasteiger partial charge in [0, 0.05) is 6.54 Å². The van der Waals surface area contributed by atoms with Gasteiger partial charge in [0.05, 0.1) is 13.0 Å². The van der Waals surface area contributed by atoms with Crippen LogP contribution < -0.4 is 5.73 Å². The number of carbonyl (C=O) groups is 1. The summed E-state index contributed by atoms with van der Waals surface area (Å²) in [7, 11) is 0. The summed E-state index contributed by atoms with van der Waals surface area (Å²) in [6, 6.07) is 0. The van der Waals surface area contributed by atoms with Gasteiger partial charge < -0.3 is 5.73 Å². The van der Waals surface area contributed by atoms with Crippen LogP contribution in [0.25, 0.3) is 0 Å². The number of hydrogen-bond donors (Lipinski definition) is 1. The van der Waals surface area contributed by atoms with Crippen LogP contribution >= 0.6 is 0 Å². The monoisotopic (exact) mass is 156 g/mol. The molecule has 2 N–H and O–H groups in total. The van der Waals surface area contributed by atoms with E-state index in [4.69, 9.17) is 10.6 Å². The molecule has 4 nitrogen and oxygen atoms in total. The van der Waals surface area contributed by atoms with Crippen molar-refractivity contribution in [3.63, 3.8) is 0 Å². The van der Waals surface area contributed by atoms with Gasteiger partial charge in [0.1, 0.15) is 5.60 Å². The zero-order chi connectivity index (χ0) is 7.90. The Morgan fingerprint density at radius 1 is 1.64 bits per heavy atom. The van der Waals surface area contributed by atoms with Gasteiger partial charge in [-0.25, -0.2) is 5.06 Å². The van der Waals surface area contributed by atoms with E-state index in [1.807, 2.05) is 0 Å². The molecule has 2 rings (SSSR count). The van der Waals surface area contributed by atoms with Crippen LogP contribution in [0.4, 0.5) is 0 Å². The molecule has 0 aromatic carbocycles. The minimum Gasteiger partial charge on any atom is -0.329 e. The van der Waals surface area contributed by atoms with Crippen LogP contribution in [0, 0.1) is 0 Å². The number of hydroxylamine groups is 2. The molecule has 0 aromatic heterocycles. The molecule has 1 heterocycles. The third-order valence-corrected chi connectivity index (χ3v) is 2.20. The lowest BCUT2D eigenvalue weighted by Crippen LogP contribution is -2.29. The maximum atomic E-state index is 11.2. The Balaban J connectivity index is 1.97. The number of amides is 1. The molecule has 1 spiro atoms. The summed E-state index contributed by atoms with van der Waals surface area (Å²) in [5.41, 5.74) is 5.21. The Labute approximate surface area is 65.2 Å². The summed E-state index contributed by atoms with van der Waals surface area (Å²) < 4.78 is 0. The highest BCUT2D eigenvalue weighted by Gasteiger charge is 2.53. The summed E-state index contributed by atoms with van der Waals surface area (Å²) >= 11 is 0. The number of nitrogens with zero attached hydrogens (tertiary/aromatic N) is 1. The summed E-state index contributed by atoms with van der Waals surface area (Å²) in [4.78, 5) is 16.6. The molecule has 0 unspecified atom stereocenters. The van der Waals surface area contributed by atoms with Gasteiger partial charge in [-0.2, -0.15) is 0 Å². The maximum absolute atomic E-state index is 11.2. The first-order valence-corrected chi connectivity index (χ1v) is 3.95. The minimum absolute atomic E-state index is 0.0907. The van der Waals surface area contributed by atoms with Crippen molar-refractivity contribution in [3.05, 3.63) is 0 Å². The molecule has 1 aliphatic carbocycles. The fourth-order valence-electron chi connectivity index (χ4n) is 1.38. The predicted octanol–water partition coefficient (Wildman–Crippen LogP) is -0.358. The van der Waals surface area contributed by atoms with Crippen molar-refractivity contribution in [1.29, 1.82) is 0 Å². The third kappa shape index (κ3) is 1.12. The lowest BCUT2D eigenvalue weighted by molar-refractivity contribution is -0.176. The van der Waals surface area contributed by atoms with Crippen molar-refractivity contribution in [3.8, 4) is 0 Å². The highest BCUT2D eigenvalue weighted by atomic mass is 16.7. The summed E-state index contributed by atoms with van der Waals surface area (Å²) in [5, 5.41) is 1.41. The number of nitrogens with two attached hydrogens (primary N) is 1. The Kier molecular flexibility index (Phi) is 1.40. The summed E-state index contributed by atoms with van der Waals surface area (Å²) in [6.45, 7) is 1.00. The van der Waals surface area contributed by atoms with Gasteiger partial charge in [-0.05, 0) is 12.8 Å².